The van der Waals surface area contributed by atoms with Gasteiger partial charge in [0.05, 0.1) is 29.4 Å². The molecule has 8 nitrogen and oxygen atoms in total. The van der Waals surface area contributed by atoms with E-state index in [4.69, 9.17) is 20.9 Å². The fourth-order valence-electron chi connectivity index (χ4n) is 2.79. The third kappa shape index (κ3) is 8.69. The molecule has 13 heteroatoms. The zero-order valence-electron chi connectivity index (χ0n) is 17.7. The van der Waals surface area contributed by atoms with Gasteiger partial charge in [0.25, 0.3) is 0 Å². The molecule has 33 heavy (non-hydrogen) atoms. The number of alkyl halides is 1. The maximum atomic E-state index is 9.14. The summed E-state index contributed by atoms with van der Waals surface area (Å²) < 4.78 is 12.6. The monoisotopic (exact) mass is 550 g/mol. The molecule has 0 saturated heterocycles. The molecular formula is C20H22Cl4N6O2S. The van der Waals surface area contributed by atoms with E-state index in [1.54, 1.807) is 34.2 Å². The van der Waals surface area contributed by atoms with E-state index < -0.39 is 9.23 Å². The van der Waals surface area contributed by atoms with Gasteiger partial charge < -0.3 is 5.11 Å². The SMILES string of the molecule is Cl.Cn1nccc1-c1ncccc1CCl.Cn1nccc1-c1ncccc1CO.O=S(Cl)Cl. The van der Waals surface area contributed by atoms with Crippen LogP contribution in [0.1, 0.15) is 11.1 Å². The fourth-order valence-corrected chi connectivity index (χ4v) is 3.00. The molecule has 0 fully saturated rings. The van der Waals surface area contributed by atoms with E-state index in [0.29, 0.717) is 5.88 Å². The molecule has 0 atom stereocenters. The predicted octanol–water partition coefficient (Wildman–Crippen LogP) is 4.66. The minimum absolute atomic E-state index is 0. The smallest absolute Gasteiger partial charge is 0.211 e. The second-order valence-corrected chi connectivity index (χ2v) is 8.97. The number of aliphatic hydroxyl groups excluding tert-OH is 1. The van der Waals surface area contributed by atoms with Crippen molar-refractivity contribution >= 4 is 54.6 Å². The van der Waals surface area contributed by atoms with Gasteiger partial charge in [0.2, 0.25) is 9.23 Å². The van der Waals surface area contributed by atoms with Crippen LogP contribution in [0.3, 0.4) is 0 Å². The molecule has 0 aliphatic heterocycles. The molecule has 1 N–H and O–H groups in total. The van der Waals surface area contributed by atoms with Crippen LogP contribution >= 0.6 is 45.4 Å². The largest absolute Gasteiger partial charge is 0.392 e. The zero-order chi connectivity index (χ0) is 23.5. The first-order valence-corrected chi connectivity index (χ1v) is 12.5. The second kappa shape index (κ2) is 15.0. The Balaban J connectivity index is 0.000000278. The van der Waals surface area contributed by atoms with Gasteiger partial charge in [-0.3, -0.25) is 19.3 Å². The number of halogens is 4. The van der Waals surface area contributed by atoms with Gasteiger partial charge >= 0.3 is 0 Å². The molecule has 0 bridgehead atoms. The Kier molecular flexibility index (Phi) is 13.2. The third-order valence-electron chi connectivity index (χ3n) is 4.22. The van der Waals surface area contributed by atoms with Gasteiger partial charge in [0.15, 0.2) is 0 Å². The van der Waals surface area contributed by atoms with Crippen LogP contribution in [0.4, 0.5) is 0 Å². The number of hydrogen-bond donors (Lipinski definition) is 1. The van der Waals surface area contributed by atoms with Crippen LogP contribution in [0.15, 0.2) is 61.2 Å². The van der Waals surface area contributed by atoms with Gasteiger partial charge in [-0.1, -0.05) is 12.1 Å². The predicted molar refractivity (Wildman–Crippen MR) is 135 cm³/mol. The van der Waals surface area contributed by atoms with E-state index in [1.807, 2.05) is 50.5 Å². The van der Waals surface area contributed by atoms with Crippen molar-refractivity contribution in [2.24, 2.45) is 14.1 Å². The first-order valence-electron chi connectivity index (χ1n) is 9.14. The van der Waals surface area contributed by atoms with Crippen LogP contribution in [0.5, 0.6) is 0 Å². The molecule has 4 rings (SSSR count). The van der Waals surface area contributed by atoms with Gasteiger partial charge in [-0.05, 0) is 29.8 Å². The van der Waals surface area contributed by atoms with Gasteiger partial charge in [-0.2, -0.15) is 10.2 Å². The molecular weight excluding hydrogens is 530 g/mol. The number of aromatic nitrogens is 6. The molecule has 0 aliphatic rings. The Labute approximate surface area is 214 Å². The van der Waals surface area contributed by atoms with E-state index in [1.165, 1.54) is 0 Å². The van der Waals surface area contributed by atoms with Crippen molar-refractivity contribution in [3.05, 3.63) is 72.3 Å². The molecule has 4 heterocycles. The van der Waals surface area contributed by atoms with Crippen molar-refractivity contribution < 1.29 is 9.32 Å². The normalized spacial score (nSPS) is 9.91. The summed E-state index contributed by atoms with van der Waals surface area (Å²) in [5.41, 5.74) is 5.43. The summed E-state index contributed by atoms with van der Waals surface area (Å²) in [6, 6.07) is 11.3. The zero-order valence-corrected chi connectivity index (χ0v) is 21.6. The third-order valence-corrected chi connectivity index (χ3v) is 4.51. The highest BCUT2D eigenvalue weighted by molar-refractivity contribution is 8.26. The summed E-state index contributed by atoms with van der Waals surface area (Å²) in [4.78, 5) is 8.54. The van der Waals surface area contributed by atoms with Crippen LogP contribution in [0, 0.1) is 0 Å². The van der Waals surface area contributed by atoms with Crippen molar-refractivity contribution in [1.82, 2.24) is 29.5 Å². The quantitative estimate of drug-likeness (QED) is 0.292. The molecule has 0 aromatic carbocycles. The van der Waals surface area contributed by atoms with E-state index in [9.17, 15) is 0 Å². The Bertz CT molecular complexity index is 1070. The van der Waals surface area contributed by atoms with Crippen molar-refractivity contribution in [2.45, 2.75) is 12.5 Å². The van der Waals surface area contributed by atoms with Crippen LogP contribution in [-0.4, -0.2) is 38.8 Å². The lowest BCUT2D eigenvalue weighted by Crippen LogP contribution is -1.98. The minimum Gasteiger partial charge on any atom is -0.392 e. The molecule has 0 radical (unpaired) electrons. The van der Waals surface area contributed by atoms with Crippen LogP contribution < -0.4 is 0 Å². The van der Waals surface area contributed by atoms with Crippen LogP contribution in [0.2, 0.25) is 0 Å². The Morgan fingerprint density at radius 2 is 1.27 bits per heavy atom. The van der Waals surface area contributed by atoms with Gasteiger partial charge in [-0.15, -0.1) is 24.0 Å². The summed E-state index contributed by atoms with van der Waals surface area (Å²) in [6.45, 7) is -0.00560. The number of aryl methyl sites for hydroxylation is 2. The molecule has 0 aliphatic carbocycles. The molecule has 0 amide bonds. The van der Waals surface area contributed by atoms with Crippen molar-refractivity contribution in [3.8, 4) is 22.8 Å². The van der Waals surface area contributed by atoms with E-state index >= 15 is 0 Å². The van der Waals surface area contributed by atoms with Gasteiger partial charge in [0, 0.05) is 71.7 Å². The summed E-state index contributed by atoms with van der Waals surface area (Å²) in [5, 5.41) is 17.3. The van der Waals surface area contributed by atoms with Crippen molar-refractivity contribution in [3.63, 3.8) is 0 Å². The summed E-state index contributed by atoms with van der Waals surface area (Å²) in [5.74, 6) is 0.467. The van der Waals surface area contributed by atoms with E-state index in [-0.39, 0.29) is 19.0 Å². The van der Waals surface area contributed by atoms with Crippen LogP contribution in [-0.2, 0) is 35.8 Å². The summed E-state index contributed by atoms with van der Waals surface area (Å²) in [7, 11) is 11.1. The highest BCUT2D eigenvalue weighted by Crippen LogP contribution is 2.21. The Morgan fingerprint density at radius 3 is 1.64 bits per heavy atom. The first-order chi connectivity index (χ1) is 15.4. The van der Waals surface area contributed by atoms with Crippen molar-refractivity contribution in [1.29, 1.82) is 0 Å². The lowest BCUT2D eigenvalue weighted by Gasteiger charge is -2.05. The Morgan fingerprint density at radius 1 is 0.848 bits per heavy atom. The lowest BCUT2D eigenvalue weighted by molar-refractivity contribution is 0.282. The molecule has 4 aromatic heterocycles. The molecule has 4 aromatic rings. The minimum atomic E-state index is -1.67. The molecule has 0 unspecified atom stereocenters. The number of hydrogen-bond acceptors (Lipinski definition) is 6. The average molecular weight is 552 g/mol. The maximum Gasteiger partial charge on any atom is 0.211 e. The second-order valence-electron chi connectivity index (χ2n) is 6.18. The van der Waals surface area contributed by atoms with E-state index in [2.05, 4.69) is 41.5 Å². The molecule has 0 spiro atoms. The van der Waals surface area contributed by atoms with Gasteiger partial charge in [-0.25, -0.2) is 4.21 Å². The number of nitrogens with zero attached hydrogens (tertiary/aromatic N) is 6. The van der Waals surface area contributed by atoms with Gasteiger partial charge in [0.1, 0.15) is 0 Å². The molecule has 0 saturated carbocycles. The average Bonchev–Trinajstić information content (AvgIpc) is 3.41. The lowest BCUT2D eigenvalue weighted by atomic mass is 10.1. The highest BCUT2D eigenvalue weighted by atomic mass is 36.0. The van der Waals surface area contributed by atoms with Crippen molar-refractivity contribution in [2.75, 3.05) is 0 Å². The highest BCUT2D eigenvalue weighted by Gasteiger charge is 2.09. The summed E-state index contributed by atoms with van der Waals surface area (Å²) in [6.07, 6.45) is 6.94. The maximum absolute atomic E-state index is 9.14. The number of rotatable bonds is 4. The van der Waals surface area contributed by atoms with Crippen LogP contribution in [0.25, 0.3) is 22.8 Å². The van der Waals surface area contributed by atoms with E-state index in [0.717, 1.165) is 33.9 Å². The standard InChI is InChI=1S/C10H10ClN3.C10H11N3O.Cl2OS.ClH/c1-14-9(4-6-13-14)10-8(7-11)3-2-5-12-10;1-13-9(4-6-12-13)10-8(7-14)3-2-5-11-10;1-4(2)3;/h2-6H,7H2,1H3;2-6,14H,7H2,1H3;;1H. The number of pyridine rings is 2. The summed E-state index contributed by atoms with van der Waals surface area (Å²) >= 11 is 5.83. The molecule has 178 valence electrons. The topological polar surface area (TPSA) is 98.7 Å². The Hall–Kier alpha value is -2.01. The number of aliphatic hydroxyl groups is 1. The fraction of sp³-hybridized carbons (Fsp3) is 0.200. The first kappa shape index (κ1) is 29.0.